The van der Waals surface area contributed by atoms with E-state index in [2.05, 4.69) is 0 Å². The average molecular weight is 231 g/mol. The Balaban J connectivity index is 2.67. The molecule has 0 spiro atoms. The SMILES string of the molecule is CSCC(=O)N1C[C@H](C)[C@@](O)(C(C)C)C1. The van der Waals surface area contributed by atoms with Gasteiger partial charge in [-0.3, -0.25) is 4.79 Å². The Kier molecular flexibility index (Phi) is 4.06. The van der Waals surface area contributed by atoms with Gasteiger partial charge in [0.15, 0.2) is 0 Å². The summed E-state index contributed by atoms with van der Waals surface area (Å²) in [5.41, 5.74) is -0.700. The monoisotopic (exact) mass is 231 g/mol. The highest BCUT2D eigenvalue weighted by molar-refractivity contribution is 7.99. The molecule has 88 valence electrons. The van der Waals surface area contributed by atoms with Crippen molar-refractivity contribution in [3.8, 4) is 0 Å². The van der Waals surface area contributed by atoms with Gasteiger partial charge in [0.05, 0.1) is 11.4 Å². The minimum atomic E-state index is -0.700. The Morgan fingerprint density at radius 2 is 2.27 bits per heavy atom. The Morgan fingerprint density at radius 3 is 2.67 bits per heavy atom. The molecule has 2 atom stereocenters. The van der Waals surface area contributed by atoms with Crippen LogP contribution in [-0.2, 0) is 4.79 Å². The molecule has 0 aromatic carbocycles. The molecule has 0 unspecified atom stereocenters. The zero-order valence-corrected chi connectivity index (χ0v) is 10.8. The number of thioether (sulfide) groups is 1. The van der Waals surface area contributed by atoms with Crippen molar-refractivity contribution < 1.29 is 9.90 Å². The molecule has 0 aliphatic carbocycles. The zero-order valence-electron chi connectivity index (χ0n) is 9.99. The number of aliphatic hydroxyl groups is 1. The van der Waals surface area contributed by atoms with Gasteiger partial charge in [-0.1, -0.05) is 20.8 Å². The first-order valence-electron chi connectivity index (χ1n) is 5.41. The molecule has 0 saturated carbocycles. The molecule has 0 aromatic rings. The van der Waals surface area contributed by atoms with E-state index in [1.165, 1.54) is 11.8 Å². The van der Waals surface area contributed by atoms with Crippen LogP contribution in [0.1, 0.15) is 20.8 Å². The molecule has 1 heterocycles. The van der Waals surface area contributed by atoms with Gasteiger partial charge in [-0.05, 0) is 12.2 Å². The first-order chi connectivity index (χ1) is 6.91. The molecule has 1 aliphatic rings. The second kappa shape index (κ2) is 4.74. The molecule has 4 heteroatoms. The molecule has 1 rings (SSSR count). The summed E-state index contributed by atoms with van der Waals surface area (Å²) >= 11 is 1.53. The fraction of sp³-hybridized carbons (Fsp3) is 0.909. The van der Waals surface area contributed by atoms with Crippen LogP contribution in [0.5, 0.6) is 0 Å². The lowest BCUT2D eigenvalue weighted by Gasteiger charge is -2.30. The lowest BCUT2D eigenvalue weighted by atomic mass is 9.82. The van der Waals surface area contributed by atoms with Crippen LogP contribution in [-0.4, -0.2) is 46.6 Å². The number of hydrogen-bond donors (Lipinski definition) is 1. The molecular formula is C11H21NO2S. The van der Waals surface area contributed by atoms with Crippen LogP contribution >= 0.6 is 11.8 Å². The molecule has 15 heavy (non-hydrogen) atoms. The highest BCUT2D eigenvalue weighted by Gasteiger charge is 2.46. The van der Waals surface area contributed by atoms with Gasteiger partial charge in [-0.25, -0.2) is 0 Å². The summed E-state index contributed by atoms with van der Waals surface area (Å²) in [5, 5.41) is 10.4. The van der Waals surface area contributed by atoms with Crippen molar-refractivity contribution in [3.63, 3.8) is 0 Å². The molecule has 1 fully saturated rings. The van der Waals surface area contributed by atoms with Gasteiger partial charge in [0, 0.05) is 19.0 Å². The van der Waals surface area contributed by atoms with Crippen molar-refractivity contribution in [1.82, 2.24) is 4.90 Å². The minimum absolute atomic E-state index is 0.144. The van der Waals surface area contributed by atoms with Gasteiger partial charge in [-0.15, -0.1) is 0 Å². The zero-order chi connectivity index (χ0) is 11.6. The number of likely N-dealkylation sites (tertiary alicyclic amines) is 1. The van der Waals surface area contributed by atoms with Crippen LogP contribution in [0.25, 0.3) is 0 Å². The lowest BCUT2D eigenvalue weighted by Crippen LogP contribution is -2.43. The normalized spacial score (nSPS) is 31.3. The molecule has 0 bridgehead atoms. The van der Waals surface area contributed by atoms with E-state index in [-0.39, 0.29) is 17.7 Å². The van der Waals surface area contributed by atoms with E-state index < -0.39 is 5.60 Å². The lowest BCUT2D eigenvalue weighted by molar-refractivity contribution is -0.128. The molecule has 1 aliphatic heterocycles. The molecule has 1 N–H and O–H groups in total. The van der Waals surface area contributed by atoms with Gasteiger partial charge in [0.1, 0.15) is 0 Å². The maximum atomic E-state index is 11.7. The summed E-state index contributed by atoms with van der Waals surface area (Å²) < 4.78 is 0. The number of carbonyl (C=O) groups excluding carboxylic acids is 1. The fourth-order valence-electron chi connectivity index (χ4n) is 2.17. The maximum Gasteiger partial charge on any atom is 0.232 e. The molecular weight excluding hydrogens is 210 g/mol. The Bertz CT molecular complexity index is 245. The minimum Gasteiger partial charge on any atom is -0.387 e. The molecule has 0 radical (unpaired) electrons. The molecule has 3 nitrogen and oxygen atoms in total. The van der Waals surface area contributed by atoms with E-state index in [1.54, 1.807) is 4.90 Å². The van der Waals surface area contributed by atoms with Crippen molar-refractivity contribution in [2.75, 3.05) is 25.1 Å². The van der Waals surface area contributed by atoms with E-state index in [1.807, 2.05) is 27.0 Å². The number of nitrogens with zero attached hydrogens (tertiary/aromatic N) is 1. The standard InChI is InChI=1S/C11H21NO2S/c1-8(2)11(14)7-12(5-9(11)3)10(13)6-15-4/h8-9,14H,5-7H2,1-4H3/t9-,11-/m0/s1. The third kappa shape index (κ3) is 2.48. The predicted octanol–water partition coefficient (Wildman–Crippen LogP) is 1.21. The number of amides is 1. The van der Waals surface area contributed by atoms with Crippen molar-refractivity contribution in [1.29, 1.82) is 0 Å². The van der Waals surface area contributed by atoms with E-state index in [0.717, 1.165) is 0 Å². The van der Waals surface area contributed by atoms with Gasteiger partial charge >= 0.3 is 0 Å². The summed E-state index contributed by atoms with van der Waals surface area (Å²) in [7, 11) is 0. The van der Waals surface area contributed by atoms with Crippen LogP contribution in [0.2, 0.25) is 0 Å². The predicted molar refractivity (Wildman–Crippen MR) is 63.9 cm³/mol. The van der Waals surface area contributed by atoms with Crippen LogP contribution < -0.4 is 0 Å². The van der Waals surface area contributed by atoms with Crippen LogP contribution in [0, 0.1) is 11.8 Å². The van der Waals surface area contributed by atoms with Crippen molar-refractivity contribution in [3.05, 3.63) is 0 Å². The highest BCUT2D eigenvalue weighted by atomic mass is 32.2. The largest absolute Gasteiger partial charge is 0.387 e. The van der Waals surface area contributed by atoms with Crippen molar-refractivity contribution in [2.24, 2.45) is 11.8 Å². The average Bonchev–Trinajstić information content (AvgIpc) is 2.45. The van der Waals surface area contributed by atoms with Crippen LogP contribution in [0.15, 0.2) is 0 Å². The second-order valence-electron chi connectivity index (χ2n) is 4.75. The van der Waals surface area contributed by atoms with Gasteiger partial charge in [0.2, 0.25) is 5.91 Å². The Hall–Kier alpha value is -0.220. The summed E-state index contributed by atoms with van der Waals surface area (Å²) in [6, 6.07) is 0. The number of β-amino-alcohol motifs (C(OH)–C–C–N with tert-alkyl or cyclic N) is 1. The quantitative estimate of drug-likeness (QED) is 0.794. The second-order valence-corrected chi connectivity index (χ2v) is 5.62. The van der Waals surface area contributed by atoms with E-state index in [0.29, 0.717) is 18.8 Å². The first-order valence-corrected chi connectivity index (χ1v) is 6.80. The van der Waals surface area contributed by atoms with E-state index in [4.69, 9.17) is 0 Å². The maximum absolute atomic E-state index is 11.7. The molecule has 1 saturated heterocycles. The topological polar surface area (TPSA) is 40.5 Å². The summed E-state index contributed by atoms with van der Waals surface area (Å²) in [4.78, 5) is 13.5. The van der Waals surface area contributed by atoms with Crippen LogP contribution in [0.3, 0.4) is 0 Å². The fourth-order valence-corrected chi connectivity index (χ4v) is 2.60. The Morgan fingerprint density at radius 1 is 1.67 bits per heavy atom. The first kappa shape index (κ1) is 12.8. The summed E-state index contributed by atoms with van der Waals surface area (Å²) in [5.74, 6) is 1.02. The van der Waals surface area contributed by atoms with Gasteiger partial charge < -0.3 is 10.0 Å². The highest BCUT2D eigenvalue weighted by Crippen LogP contribution is 2.33. The molecule has 0 aromatic heterocycles. The number of rotatable bonds is 3. The van der Waals surface area contributed by atoms with Crippen molar-refractivity contribution >= 4 is 17.7 Å². The summed E-state index contributed by atoms with van der Waals surface area (Å²) in [6.45, 7) is 7.23. The van der Waals surface area contributed by atoms with Gasteiger partial charge in [-0.2, -0.15) is 11.8 Å². The third-order valence-corrected chi connectivity index (χ3v) is 3.95. The number of hydrogen-bond acceptors (Lipinski definition) is 3. The third-order valence-electron chi connectivity index (χ3n) is 3.41. The van der Waals surface area contributed by atoms with E-state index >= 15 is 0 Å². The van der Waals surface area contributed by atoms with Crippen LogP contribution in [0.4, 0.5) is 0 Å². The number of carbonyl (C=O) groups is 1. The smallest absolute Gasteiger partial charge is 0.232 e. The Labute approximate surface area is 96.2 Å². The van der Waals surface area contributed by atoms with Crippen molar-refractivity contribution in [2.45, 2.75) is 26.4 Å². The summed E-state index contributed by atoms with van der Waals surface area (Å²) in [6.07, 6.45) is 1.92. The molecule has 1 amide bonds. The van der Waals surface area contributed by atoms with Gasteiger partial charge in [0.25, 0.3) is 0 Å². The van der Waals surface area contributed by atoms with E-state index in [9.17, 15) is 9.90 Å².